The summed E-state index contributed by atoms with van der Waals surface area (Å²) < 4.78 is 1.30. The lowest BCUT2D eigenvalue weighted by atomic mass is 9.95. The monoisotopic (exact) mass is 539 g/mol. The molecule has 0 spiro atoms. The molecule has 2 aromatic rings. The van der Waals surface area contributed by atoms with Crippen LogP contribution in [-0.2, 0) is 0 Å². The van der Waals surface area contributed by atoms with Gasteiger partial charge in [0.05, 0.1) is 37.6 Å². The molecule has 0 bridgehead atoms. The Morgan fingerprint density at radius 2 is 1.57 bits per heavy atom. The normalized spacial score (nSPS) is 21.1. The Bertz CT molecular complexity index is 961. The Labute approximate surface area is 236 Å². The first kappa shape index (κ1) is 28.9. The second-order valence-corrected chi connectivity index (χ2v) is 13.6. The molecule has 0 amide bonds. The Hall–Kier alpha value is -1.10. The van der Waals surface area contributed by atoms with Crippen molar-refractivity contribution < 1.29 is 4.48 Å². The molecule has 2 heterocycles. The number of piperidine rings is 1. The molecule has 0 aromatic heterocycles. The number of hydrogen-bond donors (Lipinski definition) is 0. The zero-order valence-corrected chi connectivity index (χ0v) is 25.5. The molecule has 2 atom stereocenters. The number of quaternary nitrogens is 1. The zero-order chi connectivity index (χ0) is 25.9. The molecule has 1 fully saturated rings. The highest BCUT2D eigenvalue weighted by Gasteiger charge is 2.35. The topological polar surface area (TPSA) is 3.24 Å². The lowest BCUT2D eigenvalue weighted by Gasteiger charge is -2.46. The van der Waals surface area contributed by atoms with E-state index in [9.17, 15) is 0 Å². The predicted octanol–water partition coefficient (Wildman–Crippen LogP) is 10.3. The minimum Gasteiger partial charge on any atom is -0.339 e. The zero-order valence-electron chi connectivity index (χ0n) is 23.9. The number of anilines is 2. The van der Waals surface area contributed by atoms with E-state index < -0.39 is 0 Å². The van der Waals surface area contributed by atoms with Crippen LogP contribution in [0.4, 0.5) is 11.4 Å². The van der Waals surface area contributed by atoms with E-state index in [-0.39, 0.29) is 0 Å². The molecule has 0 aliphatic carbocycles. The number of likely N-dealkylation sites (tertiary alicyclic amines) is 1. The fraction of sp³-hybridized carbons (Fsp3) is 0.636. The Morgan fingerprint density at radius 1 is 0.865 bits per heavy atom. The molecule has 0 N–H and O–H groups in total. The molecule has 2 aliphatic rings. The molecule has 1 saturated heterocycles. The summed E-state index contributed by atoms with van der Waals surface area (Å²) in [4.78, 5) is 6.81. The van der Waals surface area contributed by atoms with Crippen molar-refractivity contribution in [1.82, 2.24) is 0 Å². The predicted molar refractivity (Wildman–Crippen MR) is 166 cm³/mol. The van der Waals surface area contributed by atoms with Crippen LogP contribution in [0.1, 0.15) is 96.8 Å². The van der Waals surface area contributed by atoms with Crippen molar-refractivity contribution in [3.8, 4) is 0 Å². The minimum absolute atomic E-state index is 0.793. The SMILES string of the molecule is CCCCCCCCCCCC[N+]1(C)CCCCC1CCN1c2ccccc2Sc2ccc(SC)cc21. The number of para-hydroxylation sites is 1. The highest BCUT2D eigenvalue weighted by Crippen LogP contribution is 2.49. The van der Waals surface area contributed by atoms with Crippen LogP contribution in [-0.4, -0.2) is 43.5 Å². The molecule has 0 radical (unpaired) electrons. The van der Waals surface area contributed by atoms with Crippen molar-refractivity contribution in [3.63, 3.8) is 0 Å². The van der Waals surface area contributed by atoms with E-state index in [1.54, 1.807) is 0 Å². The van der Waals surface area contributed by atoms with Gasteiger partial charge in [-0.05, 0) is 68.7 Å². The van der Waals surface area contributed by atoms with Crippen molar-refractivity contribution >= 4 is 34.9 Å². The molecule has 2 unspecified atom stereocenters. The third-order valence-electron chi connectivity index (χ3n) is 8.88. The standard InChI is InChI=1S/C33H51N2S2/c1-4-5-6-7-8-9-10-11-12-16-25-35(2)26-17-15-18-28(35)23-24-34-30-19-13-14-20-32(30)37-33-22-21-29(36-3)27-31(33)34/h13-14,19-22,27-28H,4-12,15-18,23-26H2,1-3H3/q+1. The molecule has 2 aliphatic heterocycles. The van der Waals surface area contributed by atoms with Crippen LogP contribution in [0.15, 0.2) is 57.2 Å². The van der Waals surface area contributed by atoms with Crippen molar-refractivity contribution in [3.05, 3.63) is 42.5 Å². The Balaban J connectivity index is 1.31. The van der Waals surface area contributed by atoms with Gasteiger partial charge in [0.15, 0.2) is 0 Å². The van der Waals surface area contributed by atoms with Crippen LogP contribution >= 0.6 is 23.5 Å². The molecule has 2 nitrogen and oxygen atoms in total. The van der Waals surface area contributed by atoms with Gasteiger partial charge in [-0.15, -0.1) is 11.8 Å². The maximum absolute atomic E-state index is 2.64. The van der Waals surface area contributed by atoms with Crippen LogP contribution in [0.25, 0.3) is 0 Å². The third-order valence-corrected chi connectivity index (χ3v) is 10.7. The average Bonchev–Trinajstić information content (AvgIpc) is 2.92. The lowest BCUT2D eigenvalue weighted by Crippen LogP contribution is -2.56. The maximum Gasteiger partial charge on any atom is 0.0905 e. The summed E-state index contributed by atoms with van der Waals surface area (Å²) in [5.74, 6) is 0. The number of unbranched alkanes of at least 4 members (excludes halogenated alkanes) is 9. The van der Waals surface area contributed by atoms with Gasteiger partial charge in [-0.25, -0.2) is 0 Å². The van der Waals surface area contributed by atoms with Crippen LogP contribution in [0.5, 0.6) is 0 Å². The quantitative estimate of drug-likeness (QED) is 0.126. The van der Waals surface area contributed by atoms with Gasteiger partial charge in [-0.1, -0.05) is 82.2 Å². The fourth-order valence-electron chi connectivity index (χ4n) is 6.51. The average molecular weight is 540 g/mol. The number of benzene rings is 2. The van der Waals surface area contributed by atoms with Crippen molar-refractivity contribution in [2.45, 2.75) is 118 Å². The van der Waals surface area contributed by atoms with Gasteiger partial charge in [0.25, 0.3) is 0 Å². The molecule has 204 valence electrons. The highest BCUT2D eigenvalue weighted by atomic mass is 32.2. The van der Waals surface area contributed by atoms with Gasteiger partial charge in [-0.3, -0.25) is 0 Å². The van der Waals surface area contributed by atoms with E-state index in [1.807, 2.05) is 23.5 Å². The molecule has 2 aromatic carbocycles. The third kappa shape index (κ3) is 7.96. The number of rotatable bonds is 15. The van der Waals surface area contributed by atoms with Gasteiger partial charge in [0.2, 0.25) is 0 Å². The van der Waals surface area contributed by atoms with Crippen LogP contribution in [0.3, 0.4) is 0 Å². The Morgan fingerprint density at radius 3 is 2.32 bits per heavy atom. The van der Waals surface area contributed by atoms with Crippen LogP contribution < -0.4 is 4.90 Å². The van der Waals surface area contributed by atoms with E-state index in [0.717, 1.165) is 12.6 Å². The number of nitrogens with zero attached hydrogens (tertiary/aromatic N) is 2. The van der Waals surface area contributed by atoms with Gasteiger partial charge in [0, 0.05) is 27.7 Å². The maximum atomic E-state index is 2.64. The van der Waals surface area contributed by atoms with E-state index in [0.29, 0.717) is 0 Å². The fourth-order valence-corrected chi connectivity index (χ4v) is 8.02. The van der Waals surface area contributed by atoms with Crippen molar-refractivity contribution in [2.24, 2.45) is 0 Å². The molecule has 4 rings (SSSR count). The first-order valence-electron chi connectivity index (χ1n) is 15.2. The van der Waals surface area contributed by atoms with Gasteiger partial charge in [-0.2, -0.15) is 0 Å². The number of thioether (sulfide) groups is 1. The van der Waals surface area contributed by atoms with Crippen LogP contribution in [0.2, 0.25) is 0 Å². The minimum atomic E-state index is 0.793. The second kappa shape index (κ2) is 14.9. The summed E-state index contributed by atoms with van der Waals surface area (Å²) in [5, 5.41) is 0. The van der Waals surface area contributed by atoms with Crippen LogP contribution in [0, 0.1) is 0 Å². The second-order valence-electron chi connectivity index (χ2n) is 11.6. The van der Waals surface area contributed by atoms with Crippen molar-refractivity contribution in [1.29, 1.82) is 0 Å². The van der Waals surface area contributed by atoms with E-state index >= 15 is 0 Å². The van der Waals surface area contributed by atoms with E-state index in [4.69, 9.17) is 0 Å². The van der Waals surface area contributed by atoms with E-state index in [1.165, 1.54) is 134 Å². The molecule has 4 heteroatoms. The first-order valence-corrected chi connectivity index (χ1v) is 17.3. The smallest absolute Gasteiger partial charge is 0.0905 e. The van der Waals surface area contributed by atoms with E-state index in [2.05, 4.69) is 67.6 Å². The molecular formula is C33H51N2S2+. The first-order chi connectivity index (χ1) is 18.1. The molecule has 0 saturated carbocycles. The lowest BCUT2D eigenvalue weighted by molar-refractivity contribution is -0.938. The Kier molecular flexibility index (Phi) is 11.6. The summed E-state index contributed by atoms with van der Waals surface area (Å²) in [6, 6.07) is 16.8. The summed E-state index contributed by atoms with van der Waals surface area (Å²) in [6.45, 7) is 6.18. The highest BCUT2D eigenvalue weighted by molar-refractivity contribution is 8.00. The van der Waals surface area contributed by atoms with Crippen molar-refractivity contribution in [2.75, 3.05) is 37.8 Å². The molecule has 37 heavy (non-hydrogen) atoms. The number of hydrogen-bond acceptors (Lipinski definition) is 3. The van der Waals surface area contributed by atoms with Gasteiger partial charge in [0.1, 0.15) is 0 Å². The van der Waals surface area contributed by atoms with Gasteiger partial charge >= 0.3 is 0 Å². The largest absolute Gasteiger partial charge is 0.339 e. The summed E-state index contributed by atoms with van der Waals surface area (Å²) in [5.41, 5.74) is 2.81. The summed E-state index contributed by atoms with van der Waals surface area (Å²) in [7, 11) is 2.58. The summed E-state index contributed by atoms with van der Waals surface area (Å²) >= 11 is 3.79. The van der Waals surface area contributed by atoms with Gasteiger partial charge < -0.3 is 9.38 Å². The molecular weight excluding hydrogens is 489 g/mol. The summed E-state index contributed by atoms with van der Waals surface area (Å²) in [6.07, 6.45) is 22.0. The number of fused-ring (bicyclic) bond motifs is 2.